The van der Waals surface area contributed by atoms with E-state index in [1.807, 2.05) is 19.9 Å². The van der Waals surface area contributed by atoms with Crippen molar-refractivity contribution in [3.8, 4) is 6.07 Å². The van der Waals surface area contributed by atoms with Gasteiger partial charge in [0.1, 0.15) is 0 Å². The molecule has 0 atom stereocenters. The van der Waals surface area contributed by atoms with Crippen molar-refractivity contribution in [1.29, 1.82) is 5.26 Å². The third kappa shape index (κ3) is 6.18. The molecule has 1 heterocycles. The maximum absolute atomic E-state index is 12.7. The molecule has 1 aliphatic rings. The lowest BCUT2D eigenvalue weighted by atomic mass is 10.2. The van der Waals surface area contributed by atoms with E-state index in [1.54, 1.807) is 9.80 Å². The van der Waals surface area contributed by atoms with E-state index in [-0.39, 0.29) is 23.3 Å². The topological polar surface area (TPSA) is 111 Å². The summed E-state index contributed by atoms with van der Waals surface area (Å²) in [5.74, 6) is -0.0836. The van der Waals surface area contributed by atoms with Crippen molar-refractivity contribution in [2.45, 2.75) is 25.2 Å². The Bertz CT molecular complexity index is 893. The second-order valence-electron chi connectivity index (χ2n) is 7.59. The van der Waals surface area contributed by atoms with Crippen molar-refractivity contribution in [2.75, 3.05) is 46.4 Å². The summed E-state index contributed by atoms with van der Waals surface area (Å²) in [7, 11) is -2.51. The Labute approximate surface area is 177 Å². The van der Waals surface area contributed by atoms with E-state index in [4.69, 9.17) is 10.00 Å². The van der Waals surface area contributed by atoms with Gasteiger partial charge in [-0.1, -0.05) is 13.8 Å². The number of hydrogen-bond acceptors (Lipinski definition) is 6. The summed E-state index contributed by atoms with van der Waals surface area (Å²) in [6.45, 7) is 5.54. The standard InChI is InChI=1S/C20H28N4O5S/c1-16(2)15-29-20(26)24-10-4-9-23(11-12-24)19(25)14-22(3)30(27,28)18-7-5-17(13-21)6-8-18/h5-8,16H,4,9-12,14-15H2,1-3H3. The first-order valence-corrected chi connectivity index (χ1v) is 11.2. The maximum atomic E-state index is 12.7. The van der Waals surface area contributed by atoms with E-state index in [1.165, 1.54) is 31.3 Å². The van der Waals surface area contributed by atoms with Crippen LogP contribution in [0.3, 0.4) is 0 Å². The molecule has 2 amide bonds. The molecule has 0 aromatic heterocycles. The Morgan fingerprint density at radius 2 is 1.73 bits per heavy atom. The second-order valence-corrected chi connectivity index (χ2v) is 9.63. The van der Waals surface area contributed by atoms with Gasteiger partial charge in [-0.15, -0.1) is 0 Å². The minimum atomic E-state index is -3.85. The normalized spacial score (nSPS) is 15.1. The first-order valence-electron chi connectivity index (χ1n) is 9.81. The molecule has 2 rings (SSSR count). The average molecular weight is 437 g/mol. The molecule has 10 heteroatoms. The first kappa shape index (κ1) is 23.6. The third-order valence-corrected chi connectivity index (χ3v) is 6.51. The fraction of sp³-hybridized carbons (Fsp3) is 0.550. The van der Waals surface area contributed by atoms with Gasteiger partial charge in [0.2, 0.25) is 15.9 Å². The molecule has 1 aromatic rings. The number of ether oxygens (including phenoxy) is 1. The predicted octanol–water partition coefficient (Wildman–Crippen LogP) is 1.51. The molecule has 30 heavy (non-hydrogen) atoms. The molecule has 0 spiro atoms. The largest absolute Gasteiger partial charge is 0.449 e. The summed E-state index contributed by atoms with van der Waals surface area (Å²) in [6, 6.07) is 7.47. The molecular weight excluding hydrogens is 408 g/mol. The summed E-state index contributed by atoms with van der Waals surface area (Å²) >= 11 is 0. The van der Waals surface area contributed by atoms with Crippen molar-refractivity contribution >= 4 is 22.0 Å². The molecule has 0 radical (unpaired) electrons. The molecule has 0 unspecified atom stereocenters. The molecule has 0 saturated carbocycles. The van der Waals surface area contributed by atoms with E-state index in [0.29, 0.717) is 44.8 Å². The number of amides is 2. The molecule has 1 fully saturated rings. The molecule has 1 aromatic carbocycles. The monoisotopic (exact) mass is 436 g/mol. The first-order chi connectivity index (χ1) is 14.1. The predicted molar refractivity (Wildman–Crippen MR) is 110 cm³/mol. The van der Waals surface area contributed by atoms with Crippen molar-refractivity contribution in [3.05, 3.63) is 29.8 Å². The second kappa shape index (κ2) is 10.4. The van der Waals surface area contributed by atoms with Crippen LogP contribution in [0.25, 0.3) is 0 Å². The molecule has 1 saturated heterocycles. The van der Waals surface area contributed by atoms with Gasteiger partial charge in [-0.2, -0.15) is 9.57 Å². The molecule has 9 nitrogen and oxygen atoms in total. The minimum absolute atomic E-state index is 0.0201. The smallest absolute Gasteiger partial charge is 0.409 e. The van der Waals surface area contributed by atoms with Crippen LogP contribution in [0.2, 0.25) is 0 Å². The van der Waals surface area contributed by atoms with Crippen molar-refractivity contribution in [3.63, 3.8) is 0 Å². The summed E-state index contributed by atoms with van der Waals surface area (Å²) in [4.78, 5) is 28.0. The van der Waals surface area contributed by atoms with E-state index in [9.17, 15) is 18.0 Å². The number of carbonyl (C=O) groups excluding carboxylic acids is 2. The van der Waals surface area contributed by atoms with Crippen LogP contribution in [0.15, 0.2) is 29.2 Å². The number of nitrogens with zero attached hydrogens (tertiary/aromatic N) is 4. The van der Waals surface area contributed by atoms with Crippen LogP contribution in [0, 0.1) is 17.2 Å². The van der Waals surface area contributed by atoms with Crippen molar-refractivity contribution < 1.29 is 22.7 Å². The van der Waals surface area contributed by atoms with Gasteiger partial charge < -0.3 is 14.5 Å². The van der Waals surface area contributed by atoms with Crippen LogP contribution in [0.1, 0.15) is 25.8 Å². The summed E-state index contributed by atoms with van der Waals surface area (Å²) < 4.78 is 31.6. The number of benzene rings is 1. The number of likely N-dealkylation sites (N-methyl/N-ethyl adjacent to an activating group) is 1. The number of sulfonamides is 1. The van der Waals surface area contributed by atoms with Gasteiger partial charge in [0.05, 0.1) is 29.7 Å². The Hall–Kier alpha value is -2.64. The van der Waals surface area contributed by atoms with Gasteiger partial charge in [0, 0.05) is 33.2 Å². The Kier molecular flexibility index (Phi) is 8.20. The number of nitriles is 1. The minimum Gasteiger partial charge on any atom is -0.449 e. The molecule has 0 bridgehead atoms. The fourth-order valence-corrected chi connectivity index (χ4v) is 4.06. The Morgan fingerprint density at radius 1 is 1.13 bits per heavy atom. The highest BCUT2D eigenvalue weighted by molar-refractivity contribution is 7.89. The quantitative estimate of drug-likeness (QED) is 0.668. The van der Waals surface area contributed by atoms with Crippen LogP contribution >= 0.6 is 0 Å². The van der Waals surface area contributed by atoms with Gasteiger partial charge in [0.15, 0.2) is 0 Å². The third-order valence-electron chi connectivity index (χ3n) is 4.70. The summed E-state index contributed by atoms with van der Waals surface area (Å²) in [5.41, 5.74) is 0.355. The Morgan fingerprint density at radius 3 is 2.33 bits per heavy atom. The SMILES string of the molecule is CC(C)COC(=O)N1CCCN(C(=O)CN(C)S(=O)(=O)c2ccc(C#N)cc2)CC1. The summed E-state index contributed by atoms with van der Waals surface area (Å²) in [6.07, 6.45) is 0.202. The zero-order valence-corrected chi connectivity index (χ0v) is 18.4. The number of hydrogen-bond donors (Lipinski definition) is 0. The molecule has 164 valence electrons. The highest BCUT2D eigenvalue weighted by Gasteiger charge is 2.27. The van der Waals surface area contributed by atoms with Gasteiger partial charge in [-0.3, -0.25) is 4.79 Å². The van der Waals surface area contributed by atoms with Crippen LogP contribution in [-0.4, -0.2) is 80.9 Å². The van der Waals surface area contributed by atoms with Crippen molar-refractivity contribution in [1.82, 2.24) is 14.1 Å². The highest BCUT2D eigenvalue weighted by atomic mass is 32.2. The van der Waals surface area contributed by atoms with Gasteiger partial charge >= 0.3 is 6.09 Å². The van der Waals surface area contributed by atoms with Gasteiger partial charge in [0.25, 0.3) is 0 Å². The maximum Gasteiger partial charge on any atom is 0.409 e. The number of rotatable bonds is 6. The van der Waals surface area contributed by atoms with Crippen LogP contribution in [-0.2, 0) is 19.6 Å². The van der Waals surface area contributed by atoms with E-state index >= 15 is 0 Å². The lowest BCUT2D eigenvalue weighted by Gasteiger charge is -2.24. The van der Waals surface area contributed by atoms with Gasteiger partial charge in [-0.25, -0.2) is 13.2 Å². The zero-order valence-electron chi connectivity index (χ0n) is 17.6. The molecular formula is C20H28N4O5S. The summed E-state index contributed by atoms with van der Waals surface area (Å²) in [5, 5.41) is 8.84. The fourth-order valence-electron chi connectivity index (χ4n) is 2.94. The van der Waals surface area contributed by atoms with Crippen LogP contribution in [0.4, 0.5) is 4.79 Å². The lowest BCUT2D eigenvalue weighted by molar-refractivity contribution is -0.131. The zero-order chi connectivity index (χ0) is 22.3. The van der Waals surface area contributed by atoms with E-state index in [2.05, 4.69) is 0 Å². The van der Waals surface area contributed by atoms with Crippen LogP contribution < -0.4 is 0 Å². The van der Waals surface area contributed by atoms with E-state index < -0.39 is 16.1 Å². The average Bonchev–Trinajstić information content (AvgIpc) is 2.98. The lowest BCUT2D eigenvalue weighted by Crippen LogP contribution is -2.43. The van der Waals surface area contributed by atoms with Crippen LogP contribution in [0.5, 0.6) is 0 Å². The van der Waals surface area contributed by atoms with E-state index in [0.717, 1.165) is 4.31 Å². The number of carbonyl (C=O) groups is 2. The molecule has 0 N–H and O–H groups in total. The Balaban J connectivity index is 1.95. The highest BCUT2D eigenvalue weighted by Crippen LogP contribution is 2.15. The van der Waals surface area contributed by atoms with Gasteiger partial charge in [-0.05, 0) is 36.6 Å². The van der Waals surface area contributed by atoms with Crippen molar-refractivity contribution in [2.24, 2.45) is 5.92 Å². The molecule has 1 aliphatic heterocycles. The molecule has 0 aliphatic carbocycles.